The number of morpholine rings is 1. The summed E-state index contributed by atoms with van der Waals surface area (Å²) in [7, 11) is 0. The highest BCUT2D eigenvalue weighted by Crippen LogP contribution is 2.27. The number of hydrogen-bond acceptors (Lipinski definition) is 5. The van der Waals surface area contributed by atoms with E-state index < -0.39 is 4.92 Å². The first-order valence-electron chi connectivity index (χ1n) is 7.48. The van der Waals surface area contributed by atoms with E-state index in [2.05, 4.69) is 24.1 Å². The molecular formula is C15H22ClN3O3. The van der Waals surface area contributed by atoms with Crippen LogP contribution < -0.4 is 5.32 Å². The Morgan fingerprint density at radius 1 is 1.41 bits per heavy atom. The van der Waals surface area contributed by atoms with Crippen LogP contribution in [0, 0.1) is 16.0 Å². The lowest BCUT2D eigenvalue weighted by atomic mass is 10.0. The molecule has 1 heterocycles. The molecule has 122 valence electrons. The molecule has 1 saturated heterocycles. The van der Waals surface area contributed by atoms with Crippen LogP contribution in [0.5, 0.6) is 0 Å². The van der Waals surface area contributed by atoms with Crippen LogP contribution >= 0.6 is 11.6 Å². The molecule has 0 aliphatic carbocycles. The van der Waals surface area contributed by atoms with E-state index in [9.17, 15) is 10.1 Å². The van der Waals surface area contributed by atoms with Gasteiger partial charge in [0.2, 0.25) is 0 Å². The van der Waals surface area contributed by atoms with E-state index in [4.69, 9.17) is 16.3 Å². The predicted octanol–water partition coefficient (Wildman–Crippen LogP) is 3.02. The molecule has 1 aliphatic heterocycles. The molecule has 0 aromatic heterocycles. The first kappa shape index (κ1) is 17.0. The average Bonchev–Trinajstić information content (AvgIpc) is 2.49. The fourth-order valence-electron chi connectivity index (χ4n) is 2.67. The zero-order chi connectivity index (χ0) is 16.1. The largest absolute Gasteiger partial charge is 0.382 e. The van der Waals surface area contributed by atoms with E-state index in [1.165, 1.54) is 12.1 Å². The fraction of sp³-hybridized carbons (Fsp3) is 0.600. The first-order chi connectivity index (χ1) is 10.5. The molecule has 1 atom stereocenters. The van der Waals surface area contributed by atoms with Gasteiger partial charge in [0.05, 0.1) is 28.8 Å². The number of ether oxygens (including phenoxy) is 1. The van der Waals surface area contributed by atoms with Gasteiger partial charge in [-0.05, 0) is 12.0 Å². The van der Waals surface area contributed by atoms with E-state index in [1.54, 1.807) is 6.07 Å². The van der Waals surface area contributed by atoms with Gasteiger partial charge >= 0.3 is 0 Å². The van der Waals surface area contributed by atoms with Crippen molar-refractivity contribution in [1.82, 2.24) is 4.90 Å². The van der Waals surface area contributed by atoms with Gasteiger partial charge in [0.1, 0.15) is 0 Å². The van der Waals surface area contributed by atoms with Crippen molar-refractivity contribution in [3.63, 3.8) is 0 Å². The average molecular weight is 328 g/mol. The lowest BCUT2D eigenvalue weighted by Crippen LogP contribution is -2.49. The standard InChI is InChI=1S/C15H22ClN3O3/c1-11(2)15(18-5-7-22-8-6-18)10-17-14-4-3-12(19(20)21)9-13(14)16/h3-4,9,11,15,17H,5-8,10H2,1-2H3. The van der Waals surface area contributed by atoms with Gasteiger partial charge < -0.3 is 10.1 Å². The van der Waals surface area contributed by atoms with E-state index in [0.29, 0.717) is 17.0 Å². The highest BCUT2D eigenvalue weighted by atomic mass is 35.5. The molecule has 1 aromatic carbocycles. The zero-order valence-corrected chi connectivity index (χ0v) is 13.7. The maximum absolute atomic E-state index is 10.7. The molecule has 1 fully saturated rings. The first-order valence-corrected chi connectivity index (χ1v) is 7.86. The topological polar surface area (TPSA) is 67.6 Å². The molecule has 0 bridgehead atoms. The van der Waals surface area contributed by atoms with Crippen LogP contribution in [0.15, 0.2) is 18.2 Å². The molecule has 6 nitrogen and oxygen atoms in total. The summed E-state index contributed by atoms with van der Waals surface area (Å²) in [5.74, 6) is 0.488. The minimum atomic E-state index is -0.444. The Kier molecular flexibility index (Phi) is 5.99. The summed E-state index contributed by atoms with van der Waals surface area (Å²) in [6.45, 7) is 8.52. The highest BCUT2D eigenvalue weighted by molar-refractivity contribution is 6.33. The van der Waals surface area contributed by atoms with Crippen LogP contribution in [0.1, 0.15) is 13.8 Å². The molecule has 0 saturated carbocycles. The number of nitrogens with zero attached hydrogens (tertiary/aromatic N) is 2. The lowest BCUT2D eigenvalue weighted by Gasteiger charge is -2.37. The minimum Gasteiger partial charge on any atom is -0.382 e. The normalized spacial score (nSPS) is 17.5. The van der Waals surface area contributed by atoms with Crippen LogP contribution in [-0.2, 0) is 4.74 Å². The van der Waals surface area contributed by atoms with Gasteiger partial charge in [0.15, 0.2) is 0 Å². The zero-order valence-electron chi connectivity index (χ0n) is 12.9. The van der Waals surface area contributed by atoms with E-state index in [-0.39, 0.29) is 5.69 Å². The van der Waals surface area contributed by atoms with Crippen molar-refractivity contribution in [3.05, 3.63) is 33.3 Å². The van der Waals surface area contributed by atoms with Crippen molar-refractivity contribution < 1.29 is 9.66 Å². The molecule has 1 unspecified atom stereocenters. The van der Waals surface area contributed by atoms with Crippen LogP contribution in [0.2, 0.25) is 5.02 Å². The van der Waals surface area contributed by atoms with Gasteiger partial charge in [-0.3, -0.25) is 15.0 Å². The lowest BCUT2D eigenvalue weighted by molar-refractivity contribution is -0.384. The maximum Gasteiger partial charge on any atom is 0.271 e. The predicted molar refractivity (Wildman–Crippen MR) is 87.6 cm³/mol. The van der Waals surface area contributed by atoms with E-state index >= 15 is 0 Å². The summed E-state index contributed by atoms with van der Waals surface area (Å²) in [4.78, 5) is 12.7. The monoisotopic (exact) mass is 327 g/mol. The van der Waals surface area contributed by atoms with Gasteiger partial charge in [0, 0.05) is 37.8 Å². The number of nitro groups is 1. The quantitative estimate of drug-likeness (QED) is 0.642. The molecule has 0 amide bonds. The van der Waals surface area contributed by atoms with Gasteiger partial charge in [-0.25, -0.2) is 0 Å². The van der Waals surface area contributed by atoms with Crippen LogP contribution in [0.25, 0.3) is 0 Å². The number of nitro benzene ring substituents is 1. The number of rotatable bonds is 6. The van der Waals surface area contributed by atoms with E-state index in [0.717, 1.165) is 38.5 Å². The fourth-order valence-corrected chi connectivity index (χ4v) is 2.91. The van der Waals surface area contributed by atoms with Crippen LogP contribution in [-0.4, -0.2) is 48.7 Å². The van der Waals surface area contributed by atoms with Crippen molar-refractivity contribution in [3.8, 4) is 0 Å². The minimum absolute atomic E-state index is 0.00383. The molecule has 1 aromatic rings. The third kappa shape index (κ3) is 4.32. The Bertz CT molecular complexity index is 519. The Labute approximate surface area is 135 Å². The Morgan fingerprint density at radius 2 is 2.09 bits per heavy atom. The summed E-state index contributed by atoms with van der Waals surface area (Å²) in [6, 6.07) is 4.88. The van der Waals surface area contributed by atoms with Crippen molar-refractivity contribution in [2.75, 3.05) is 38.2 Å². The Morgan fingerprint density at radius 3 is 2.64 bits per heavy atom. The number of hydrogen-bond donors (Lipinski definition) is 1. The number of benzene rings is 1. The summed E-state index contributed by atoms with van der Waals surface area (Å²) < 4.78 is 5.40. The summed E-state index contributed by atoms with van der Waals surface area (Å²) in [5.41, 5.74) is 0.732. The smallest absolute Gasteiger partial charge is 0.271 e. The molecule has 1 aliphatic rings. The van der Waals surface area contributed by atoms with E-state index in [1.807, 2.05) is 0 Å². The van der Waals surface area contributed by atoms with Crippen molar-refractivity contribution in [1.29, 1.82) is 0 Å². The summed E-state index contributed by atoms with van der Waals surface area (Å²) in [6.07, 6.45) is 0. The highest BCUT2D eigenvalue weighted by Gasteiger charge is 2.23. The summed E-state index contributed by atoms with van der Waals surface area (Å²) >= 11 is 6.12. The third-order valence-corrected chi connectivity index (χ3v) is 4.26. The molecule has 1 N–H and O–H groups in total. The van der Waals surface area contributed by atoms with Gasteiger partial charge in [-0.15, -0.1) is 0 Å². The molecule has 7 heteroatoms. The SMILES string of the molecule is CC(C)C(CNc1ccc([N+](=O)[O-])cc1Cl)N1CCOCC1. The van der Waals surface area contributed by atoms with Gasteiger partial charge in [-0.2, -0.15) is 0 Å². The third-order valence-electron chi connectivity index (χ3n) is 3.95. The number of halogens is 1. The Hall–Kier alpha value is -1.37. The summed E-state index contributed by atoms with van der Waals surface area (Å²) in [5, 5.41) is 14.4. The number of anilines is 1. The molecule has 0 radical (unpaired) electrons. The molecular weight excluding hydrogens is 306 g/mol. The Balaban J connectivity index is 2.01. The second kappa shape index (κ2) is 7.76. The maximum atomic E-state index is 10.7. The molecule has 0 spiro atoms. The molecule has 22 heavy (non-hydrogen) atoms. The number of non-ortho nitro benzene ring substituents is 1. The second-order valence-electron chi connectivity index (χ2n) is 5.76. The number of nitrogens with one attached hydrogen (secondary N) is 1. The van der Waals surface area contributed by atoms with Crippen LogP contribution in [0.3, 0.4) is 0 Å². The van der Waals surface area contributed by atoms with Gasteiger partial charge in [0.25, 0.3) is 5.69 Å². The van der Waals surface area contributed by atoms with Crippen molar-refractivity contribution in [2.45, 2.75) is 19.9 Å². The van der Waals surface area contributed by atoms with Crippen molar-refractivity contribution in [2.24, 2.45) is 5.92 Å². The van der Waals surface area contributed by atoms with Crippen LogP contribution in [0.4, 0.5) is 11.4 Å². The van der Waals surface area contributed by atoms with Gasteiger partial charge in [-0.1, -0.05) is 25.4 Å². The van der Waals surface area contributed by atoms with Crippen molar-refractivity contribution >= 4 is 23.0 Å². The molecule has 2 rings (SSSR count). The second-order valence-corrected chi connectivity index (χ2v) is 6.17.